The Bertz CT molecular complexity index is 685. The van der Waals surface area contributed by atoms with Crippen LogP contribution >= 0.6 is 11.6 Å². The topological polar surface area (TPSA) is 15.8 Å². The molecule has 0 saturated heterocycles. The molecule has 0 fully saturated rings. The number of halogens is 1. The van der Waals surface area contributed by atoms with Crippen molar-refractivity contribution in [3.8, 4) is 0 Å². The summed E-state index contributed by atoms with van der Waals surface area (Å²) in [5, 5.41) is 2.01. The molecule has 19 heavy (non-hydrogen) atoms. The van der Waals surface area contributed by atoms with Crippen molar-refractivity contribution < 1.29 is 0 Å². The fourth-order valence-corrected chi connectivity index (χ4v) is 2.90. The van der Waals surface area contributed by atoms with Gasteiger partial charge in [-0.2, -0.15) is 0 Å². The van der Waals surface area contributed by atoms with Gasteiger partial charge in [0.1, 0.15) is 0 Å². The number of hydrogen-bond donors (Lipinski definition) is 1. The highest BCUT2D eigenvalue weighted by atomic mass is 35.5. The van der Waals surface area contributed by atoms with Gasteiger partial charge in [-0.05, 0) is 35.7 Å². The van der Waals surface area contributed by atoms with Crippen molar-refractivity contribution in [3.63, 3.8) is 0 Å². The molecule has 1 N–H and O–H groups in total. The van der Waals surface area contributed by atoms with Gasteiger partial charge in [-0.25, -0.2) is 0 Å². The van der Waals surface area contributed by atoms with Gasteiger partial charge in [0.25, 0.3) is 0 Å². The SMILES string of the molecule is CCC(c1ccccc1)c1c[nH]c2ccc(Cl)cc12. The van der Waals surface area contributed by atoms with Crippen LogP contribution in [0.5, 0.6) is 0 Å². The van der Waals surface area contributed by atoms with E-state index in [0.29, 0.717) is 5.92 Å². The van der Waals surface area contributed by atoms with E-state index < -0.39 is 0 Å². The standard InChI is InChI=1S/C17H16ClN/c1-2-14(12-6-4-3-5-7-12)16-11-19-17-9-8-13(18)10-15(16)17/h3-11,14,19H,2H2,1H3. The van der Waals surface area contributed by atoms with E-state index in [1.54, 1.807) is 0 Å². The third-order valence-electron chi connectivity index (χ3n) is 3.66. The molecule has 0 bridgehead atoms. The fourth-order valence-electron chi connectivity index (χ4n) is 2.72. The number of aromatic amines is 1. The summed E-state index contributed by atoms with van der Waals surface area (Å²) in [5.74, 6) is 0.411. The average Bonchev–Trinajstić information content (AvgIpc) is 2.84. The van der Waals surface area contributed by atoms with Crippen LogP contribution in [-0.2, 0) is 0 Å². The number of H-pyrrole nitrogens is 1. The molecule has 1 unspecified atom stereocenters. The lowest BCUT2D eigenvalue weighted by molar-refractivity contribution is 0.783. The maximum Gasteiger partial charge on any atom is 0.0458 e. The molecule has 0 radical (unpaired) electrons. The molecular weight excluding hydrogens is 254 g/mol. The monoisotopic (exact) mass is 269 g/mol. The predicted molar refractivity (Wildman–Crippen MR) is 81.9 cm³/mol. The highest BCUT2D eigenvalue weighted by Crippen LogP contribution is 2.34. The van der Waals surface area contributed by atoms with Crippen LogP contribution in [0.4, 0.5) is 0 Å². The molecule has 0 aliphatic carbocycles. The van der Waals surface area contributed by atoms with Crippen LogP contribution in [0.2, 0.25) is 5.02 Å². The minimum Gasteiger partial charge on any atom is -0.361 e. The van der Waals surface area contributed by atoms with E-state index in [4.69, 9.17) is 11.6 Å². The van der Waals surface area contributed by atoms with Gasteiger partial charge in [0.15, 0.2) is 0 Å². The zero-order valence-electron chi connectivity index (χ0n) is 10.9. The lowest BCUT2D eigenvalue weighted by Gasteiger charge is -2.14. The maximum absolute atomic E-state index is 6.13. The van der Waals surface area contributed by atoms with Gasteiger partial charge in [-0.1, -0.05) is 48.9 Å². The van der Waals surface area contributed by atoms with Crippen molar-refractivity contribution in [2.75, 3.05) is 0 Å². The summed E-state index contributed by atoms with van der Waals surface area (Å²) in [6.07, 6.45) is 3.19. The molecular formula is C17H16ClN. The molecule has 0 spiro atoms. The Morgan fingerprint density at radius 3 is 2.63 bits per heavy atom. The van der Waals surface area contributed by atoms with Gasteiger partial charge < -0.3 is 4.98 Å². The van der Waals surface area contributed by atoms with E-state index in [1.165, 1.54) is 16.5 Å². The van der Waals surface area contributed by atoms with E-state index in [9.17, 15) is 0 Å². The largest absolute Gasteiger partial charge is 0.361 e. The van der Waals surface area contributed by atoms with Crippen LogP contribution in [0, 0.1) is 0 Å². The zero-order chi connectivity index (χ0) is 13.2. The quantitative estimate of drug-likeness (QED) is 0.658. The second-order valence-corrected chi connectivity index (χ2v) is 5.24. The number of fused-ring (bicyclic) bond motifs is 1. The van der Waals surface area contributed by atoms with Crippen molar-refractivity contribution in [2.24, 2.45) is 0 Å². The number of aromatic nitrogens is 1. The zero-order valence-corrected chi connectivity index (χ0v) is 11.6. The number of benzene rings is 2. The van der Waals surface area contributed by atoms with Crippen LogP contribution < -0.4 is 0 Å². The third kappa shape index (κ3) is 2.26. The van der Waals surface area contributed by atoms with E-state index >= 15 is 0 Å². The predicted octanol–water partition coefficient (Wildman–Crippen LogP) is 5.36. The van der Waals surface area contributed by atoms with Crippen LogP contribution in [0.3, 0.4) is 0 Å². The smallest absolute Gasteiger partial charge is 0.0458 e. The van der Waals surface area contributed by atoms with Gasteiger partial charge in [0.05, 0.1) is 0 Å². The lowest BCUT2D eigenvalue weighted by atomic mass is 9.89. The van der Waals surface area contributed by atoms with E-state index in [2.05, 4.69) is 48.4 Å². The highest BCUT2D eigenvalue weighted by Gasteiger charge is 2.16. The molecule has 2 heteroatoms. The summed E-state index contributed by atoms with van der Waals surface area (Å²) < 4.78 is 0. The number of rotatable bonds is 3. The second-order valence-electron chi connectivity index (χ2n) is 4.81. The summed E-state index contributed by atoms with van der Waals surface area (Å²) >= 11 is 6.13. The Morgan fingerprint density at radius 1 is 1.11 bits per heavy atom. The minimum absolute atomic E-state index is 0.411. The molecule has 3 rings (SSSR count). The van der Waals surface area contributed by atoms with E-state index in [-0.39, 0.29) is 0 Å². The molecule has 0 amide bonds. The van der Waals surface area contributed by atoms with Crippen LogP contribution in [0.25, 0.3) is 10.9 Å². The summed E-state index contributed by atoms with van der Waals surface area (Å²) in [6, 6.07) is 16.7. The molecule has 1 heterocycles. The van der Waals surface area contributed by atoms with E-state index in [0.717, 1.165) is 17.0 Å². The first-order valence-electron chi connectivity index (χ1n) is 6.61. The lowest BCUT2D eigenvalue weighted by Crippen LogP contribution is -1.98. The number of nitrogens with one attached hydrogen (secondary N) is 1. The summed E-state index contributed by atoms with van der Waals surface area (Å²) in [4.78, 5) is 3.34. The third-order valence-corrected chi connectivity index (χ3v) is 3.90. The molecule has 0 aliphatic heterocycles. The van der Waals surface area contributed by atoms with Gasteiger partial charge in [0.2, 0.25) is 0 Å². The van der Waals surface area contributed by atoms with Crippen molar-refractivity contribution in [1.82, 2.24) is 4.98 Å². The first-order chi connectivity index (χ1) is 9.29. The fraction of sp³-hybridized carbons (Fsp3) is 0.176. The molecule has 3 aromatic rings. The summed E-state index contributed by atoms with van der Waals surface area (Å²) in [7, 11) is 0. The normalized spacial score (nSPS) is 12.7. The van der Waals surface area contributed by atoms with Crippen molar-refractivity contribution in [2.45, 2.75) is 19.3 Å². The molecule has 1 nitrogen and oxygen atoms in total. The van der Waals surface area contributed by atoms with Crippen LogP contribution in [0.15, 0.2) is 54.7 Å². The van der Waals surface area contributed by atoms with E-state index in [1.807, 2.05) is 18.2 Å². The Labute approximate surface area is 118 Å². The molecule has 1 atom stereocenters. The first-order valence-corrected chi connectivity index (χ1v) is 6.99. The Balaban J connectivity index is 2.14. The van der Waals surface area contributed by atoms with Crippen molar-refractivity contribution in [1.29, 1.82) is 0 Å². The van der Waals surface area contributed by atoms with Crippen molar-refractivity contribution >= 4 is 22.5 Å². The minimum atomic E-state index is 0.411. The number of hydrogen-bond acceptors (Lipinski definition) is 0. The van der Waals surface area contributed by atoms with Gasteiger partial charge in [-0.3, -0.25) is 0 Å². The Hall–Kier alpha value is -1.73. The van der Waals surface area contributed by atoms with Gasteiger partial charge >= 0.3 is 0 Å². The van der Waals surface area contributed by atoms with Crippen molar-refractivity contribution in [3.05, 3.63) is 70.9 Å². The van der Waals surface area contributed by atoms with Crippen LogP contribution in [-0.4, -0.2) is 4.98 Å². The Morgan fingerprint density at radius 2 is 1.89 bits per heavy atom. The van der Waals surface area contributed by atoms with Gasteiger partial charge in [-0.15, -0.1) is 0 Å². The molecule has 0 saturated carbocycles. The average molecular weight is 270 g/mol. The highest BCUT2D eigenvalue weighted by molar-refractivity contribution is 6.31. The summed E-state index contributed by atoms with van der Waals surface area (Å²) in [6.45, 7) is 2.22. The molecule has 96 valence electrons. The molecule has 2 aromatic carbocycles. The van der Waals surface area contributed by atoms with Gasteiger partial charge in [0, 0.05) is 28.0 Å². The summed E-state index contributed by atoms with van der Waals surface area (Å²) in [5.41, 5.74) is 3.82. The maximum atomic E-state index is 6.13. The first kappa shape index (κ1) is 12.3. The molecule has 1 aromatic heterocycles. The molecule has 0 aliphatic rings. The van der Waals surface area contributed by atoms with Crippen LogP contribution in [0.1, 0.15) is 30.4 Å². The Kier molecular flexibility index (Phi) is 3.31. The second kappa shape index (κ2) is 5.10.